The summed E-state index contributed by atoms with van der Waals surface area (Å²) in [7, 11) is 0. The van der Waals surface area contributed by atoms with Crippen LogP contribution in [-0.2, 0) is 62.4 Å². The quantitative estimate of drug-likeness (QED) is 0.0908. The van der Waals surface area contributed by atoms with Crippen LogP contribution in [0.3, 0.4) is 0 Å². The maximum absolute atomic E-state index is 14.2. The van der Waals surface area contributed by atoms with E-state index in [9.17, 15) is 105 Å². The molecule has 0 bridgehead atoms. The fourth-order valence-corrected chi connectivity index (χ4v) is 7.65. The molecular formula is C45H24BF24N3. The van der Waals surface area contributed by atoms with E-state index in [1.54, 1.807) is 12.4 Å². The molecule has 0 radical (unpaired) electrons. The summed E-state index contributed by atoms with van der Waals surface area (Å²) in [5.41, 5.74) is -28.0. The molecule has 0 amide bonds. The number of halogens is 24. The van der Waals surface area contributed by atoms with Gasteiger partial charge in [-0.25, -0.2) is 0 Å². The van der Waals surface area contributed by atoms with Crippen LogP contribution in [0.1, 0.15) is 55.8 Å². The van der Waals surface area contributed by atoms with Gasteiger partial charge >= 0.3 is 49.4 Å². The largest absolute Gasteiger partial charge is 0.416 e. The molecule has 0 N–H and O–H groups in total. The Morgan fingerprint density at radius 1 is 0.397 bits per heavy atom. The maximum atomic E-state index is 14.2. The van der Waals surface area contributed by atoms with E-state index in [0.29, 0.717) is 6.42 Å². The number of aromatic nitrogens is 2. The predicted molar refractivity (Wildman–Crippen MR) is 209 cm³/mol. The highest BCUT2D eigenvalue weighted by molar-refractivity contribution is 7.20. The molecule has 0 unspecified atom stereocenters. The molecule has 0 aliphatic rings. The molecule has 1 aromatic heterocycles. The zero-order valence-corrected chi connectivity index (χ0v) is 35.5. The SMILES string of the molecule is FC(F)(F)c1cc([B-](c2cc(C(F)(F)F)cc(C(F)(F)F)c2)(c2cc(C(F)(F)F)cc(C(F)(F)F)c2)c2cc(C(F)(F)F)cc(C(F)(F)F)c2)cc(C(F)(F)F)c1.N#CCc1cncc[n+]1Cc1ccccc1. The average molecular weight is 1070 g/mol. The fraction of sp³-hybridized carbons (Fsp3) is 0.222. The van der Waals surface area contributed by atoms with Gasteiger partial charge in [-0.15, -0.1) is 0 Å². The van der Waals surface area contributed by atoms with Crippen molar-refractivity contribution in [3.63, 3.8) is 0 Å². The standard InChI is InChI=1S/C32H12BF24.C13H12N3/c34-25(35,36)13-1-14(26(37,38)39)6-21(5-13)33(22-7-15(27(40,41)42)2-16(8-22)28(43,44)45,23-9-17(29(46,47)48)3-18(10-23)30(49,50)51)24-11-19(31(52,53)54)4-20(12-24)32(55,56)57;14-7-6-13-10-15-8-9-16(13)11-12-4-2-1-3-5-12/h1-12H;1-5,8-10H,6,11H2/q-1;+1. The molecule has 6 aromatic rings. The van der Waals surface area contributed by atoms with Crippen LogP contribution in [0.15, 0.2) is 122 Å². The van der Waals surface area contributed by atoms with Crippen molar-refractivity contribution >= 4 is 28.0 Å². The number of nitriles is 1. The Balaban J connectivity index is 0.000000520. The second-order valence-corrected chi connectivity index (χ2v) is 15.7. The number of benzene rings is 5. The van der Waals surface area contributed by atoms with Crippen LogP contribution in [0.5, 0.6) is 0 Å². The van der Waals surface area contributed by atoms with Gasteiger partial charge in [-0.05, 0) is 24.3 Å². The summed E-state index contributed by atoms with van der Waals surface area (Å²) < 4.78 is 343. The zero-order chi connectivity index (χ0) is 55.1. The van der Waals surface area contributed by atoms with Gasteiger partial charge in [-0.1, -0.05) is 78.9 Å². The van der Waals surface area contributed by atoms with Crippen LogP contribution in [0, 0.1) is 11.3 Å². The van der Waals surface area contributed by atoms with E-state index in [1.165, 1.54) is 5.56 Å². The van der Waals surface area contributed by atoms with Gasteiger partial charge in [0.15, 0.2) is 12.7 Å². The van der Waals surface area contributed by atoms with Crippen LogP contribution in [0.4, 0.5) is 105 Å². The fourth-order valence-electron chi connectivity index (χ4n) is 7.65. The summed E-state index contributed by atoms with van der Waals surface area (Å²) in [4.78, 5) is 4.03. The molecule has 0 saturated carbocycles. The molecule has 390 valence electrons. The molecule has 0 aliphatic carbocycles. The second kappa shape index (κ2) is 19.8. The lowest BCUT2D eigenvalue weighted by Gasteiger charge is -2.46. The monoisotopic (exact) mass is 1070 g/mol. The third-order valence-electron chi connectivity index (χ3n) is 10.8. The summed E-state index contributed by atoms with van der Waals surface area (Å²) in [5.74, 6) is 0. The van der Waals surface area contributed by atoms with Gasteiger partial charge < -0.3 is 0 Å². The van der Waals surface area contributed by atoms with E-state index in [2.05, 4.69) is 23.2 Å². The van der Waals surface area contributed by atoms with Crippen molar-refractivity contribution in [1.29, 1.82) is 5.26 Å². The highest BCUT2D eigenvalue weighted by Crippen LogP contribution is 2.41. The van der Waals surface area contributed by atoms with Gasteiger partial charge in [-0.2, -0.15) is 137 Å². The number of alkyl halides is 24. The van der Waals surface area contributed by atoms with Gasteiger partial charge in [0.25, 0.3) is 0 Å². The summed E-state index contributed by atoms with van der Waals surface area (Å²) in [5, 5.41) is 8.72. The van der Waals surface area contributed by atoms with Gasteiger partial charge in [0.05, 0.1) is 63.0 Å². The minimum absolute atomic E-state index is 0.390. The lowest BCUT2D eigenvalue weighted by atomic mass is 9.12. The molecular weight excluding hydrogens is 1050 g/mol. The Bertz CT molecular complexity index is 2530. The summed E-state index contributed by atoms with van der Waals surface area (Å²) in [6.07, 6.45) is -49.0. The molecule has 28 heteroatoms. The second-order valence-electron chi connectivity index (χ2n) is 15.7. The lowest BCUT2D eigenvalue weighted by molar-refractivity contribution is -0.695. The predicted octanol–water partition coefficient (Wildman–Crippen LogP) is 12.7. The summed E-state index contributed by atoms with van der Waals surface area (Å²) in [6.45, 7) is 0.778. The van der Waals surface area contributed by atoms with Gasteiger partial charge in [0.2, 0.25) is 5.69 Å². The Labute approximate surface area is 393 Å². The Morgan fingerprint density at radius 3 is 0.890 bits per heavy atom. The van der Waals surface area contributed by atoms with E-state index in [4.69, 9.17) is 5.26 Å². The van der Waals surface area contributed by atoms with E-state index in [0.717, 1.165) is 12.2 Å². The van der Waals surface area contributed by atoms with E-state index < -0.39 is 195 Å². The Kier molecular flexibility index (Phi) is 15.5. The molecule has 0 aliphatic heterocycles. The Hall–Kier alpha value is -6.95. The first kappa shape index (κ1) is 57.0. The van der Waals surface area contributed by atoms with Crippen molar-refractivity contribution in [3.8, 4) is 6.07 Å². The molecule has 0 saturated heterocycles. The highest BCUT2D eigenvalue weighted by Gasteiger charge is 2.47. The lowest BCUT2D eigenvalue weighted by Crippen LogP contribution is -2.75. The first-order chi connectivity index (χ1) is 33.2. The van der Waals surface area contributed by atoms with Crippen LogP contribution < -0.4 is 26.4 Å². The van der Waals surface area contributed by atoms with E-state index in [-0.39, 0.29) is 0 Å². The van der Waals surface area contributed by atoms with E-state index >= 15 is 0 Å². The van der Waals surface area contributed by atoms with Crippen LogP contribution in [0.25, 0.3) is 0 Å². The van der Waals surface area contributed by atoms with Crippen molar-refractivity contribution in [2.24, 2.45) is 0 Å². The average Bonchev–Trinajstić information content (AvgIpc) is 3.25. The molecule has 5 aromatic carbocycles. The number of hydrogen-bond acceptors (Lipinski definition) is 2. The van der Waals surface area contributed by atoms with Crippen LogP contribution in [-0.4, -0.2) is 11.1 Å². The number of hydrogen-bond donors (Lipinski definition) is 0. The van der Waals surface area contributed by atoms with Gasteiger partial charge in [0.1, 0.15) is 12.6 Å². The molecule has 0 atom stereocenters. The normalized spacial score (nSPS) is 13.3. The molecule has 3 nitrogen and oxygen atoms in total. The van der Waals surface area contributed by atoms with Gasteiger partial charge in [0, 0.05) is 5.56 Å². The summed E-state index contributed by atoms with van der Waals surface area (Å²) >= 11 is 0. The van der Waals surface area contributed by atoms with Crippen molar-refractivity contribution in [1.82, 2.24) is 4.98 Å². The Morgan fingerprint density at radius 2 is 0.658 bits per heavy atom. The zero-order valence-electron chi connectivity index (χ0n) is 35.5. The molecule has 0 fully saturated rings. The van der Waals surface area contributed by atoms with Crippen molar-refractivity contribution < 1.29 is 110 Å². The smallest absolute Gasteiger partial charge is 0.252 e. The number of rotatable bonds is 7. The minimum atomic E-state index is -6.13. The first-order valence-corrected chi connectivity index (χ1v) is 19.7. The maximum Gasteiger partial charge on any atom is 0.416 e. The topological polar surface area (TPSA) is 40.6 Å². The third kappa shape index (κ3) is 13.4. The van der Waals surface area contributed by atoms with Crippen LogP contribution >= 0.6 is 0 Å². The van der Waals surface area contributed by atoms with Crippen molar-refractivity contribution in [3.05, 3.63) is 177 Å². The molecule has 0 spiro atoms. The van der Waals surface area contributed by atoms with Crippen molar-refractivity contribution in [2.75, 3.05) is 0 Å². The van der Waals surface area contributed by atoms with Gasteiger partial charge in [-0.3, -0.25) is 4.98 Å². The minimum Gasteiger partial charge on any atom is -0.252 e. The molecule has 73 heavy (non-hydrogen) atoms. The third-order valence-corrected chi connectivity index (χ3v) is 10.8. The van der Waals surface area contributed by atoms with Crippen LogP contribution in [0.2, 0.25) is 0 Å². The first-order valence-electron chi connectivity index (χ1n) is 19.7. The van der Waals surface area contributed by atoms with Crippen molar-refractivity contribution in [2.45, 2.75) is 62.4 Å². The highest BCUT2D eigenvalue weighted by atomic mass is 19.4. The molecule has 1 heterocycles. The molecule has 6 rings (SSSR count). The number of nitrogens with zero attached hydrogens (tertiary/aromatic N) is 3. The summed E-state index contributed by atoms with van der Waals surface area (Å²) in [6, 6.07) is 3.51. The van der Waals surface area contributed by atoms with E-state index in [1.807, 2.05) is 29.0 Å².